The number of H-pyrrole nitrogens is 1. The fourth-order valence-electron chi connectivity index (χ4n) is 4.56. The average Bonchev–Trinajstić information content (AvgIpc) is 3.37. The van der Waals surface area contributed by atoms with E-state index in [2.05, 4.69) is 10.4 Å². The van der Waals surface area contributed by atoms with E-state index in [1.807, 2.05) is 92.7 Å². The van der Waals surface area contributed by atoms with Crippen LogP contribution in [0.4, 0.5) is 4.79 Å². The van der Waals surface area contributed by atoms with E-state index in [0.29, 0.717) is 24.2 Å². The first-order valence-corrected chi connectivity index (χ1v) is 12.3. The third-order valence-corrected chi connectivity index (χ3v) is 6.75. The molecule has 7 nitrogen and oxygen atoms in total. The number of benzene rings is 3. The molecule has 37 heavy (non-hydrogen) atoms. The Morgan fingerprint density at radius 1 is 0.838 bits per heavy atom. The maximum atomic E-state index is 13.7. The van der Waals surface area contributed by atoms with Crippen molar-refractivity contribution in [2.75, 3.05) is 6.54 Å². The molecule has 0 bridgehead atoms. The molecule has 0 atom stereocenters. The first-order chi connectivity index (χ1) is 17.9. The molecular formula is C30H28N4O3. The molecule has 0 aliphatic carbocycles. The number of nitrogens with one attached hydrogen (secondary N) is 2. The van der Waals surface area contributed by atoms with Crippen molar-refractivity contribution in [3.05, 3.63) is 117 Å². The highest BCUT2D eigenvalue weighted by atomic mass is 16.2. The molecule has 1 aliphatic rings. The Bertz CT molecular complexity index is 1550. The summed E-state index contributed by atoms with van der Waals surface area (Å²) in [5, 5.41) is 5.90. The minimum absolute atomic E-state index is 0.0890. The molecule has 0 saturated carbocycles. The molecule has 1 fully saturated rings. The molecule has 2 N–H and O–H groups in total. The minimum Gasteiger partial charge on any atom is -0.303 e. The number of hydrogen-bond donors (Lipinski definition) is 2. The lowest BCUT2D eigenvalue weighted by atomic mass is 10.1. The van der Waals surface area contributed by atoms with Crippen LogP contribution in [0.25, 0.3) is 23.0 Å². The Labute approximate surface area is 215 Å². The summed E-state index contributed by atoms with van der Waals surface area (Å²) in [7, 11) is 0. The quantitative estimate of drug-likeness (QED) is 0.282. The van der Waals surface area contributed by atoms with Crippen LogP contribution in [0.5, 0.6) is 0 Å². The molecule has 3 aromatic carbocycles. The largest absolute Gasteiger partial charge is 0.329 e. The molecule has 1 saturated heterocycles. The first-order valence-electron chi connectivity index (χ1n) is 12.3. The van der Waals surface area contributed by atoms with Crippen LogP contribution in [0.3, 0.4) is 0 Å². The third kappa shape index (κ3) is 4.76. The number of imide groups is 1. The second-order valence-electron chi connectivity index (χ2n) is 9.16. The van der Waals surface area contributed by atoms with Gasteiger partial charge in [-0.05, 0) is 55.5 Å². The highest BCUT2D eigenvalue weighted by Gasteiger charge is 2.33. The van der Waals surface area contributed by atoms with Gasteiger partial charge in [0.15, 0.2) is 0 Å². The third-order valence-electron chi connectivity index (χ3n) is 6.75. The molecule has 1 aromatic heterocycles. The van der Waals surface area contributed by atoms with E-state index in [1.165, 1.54) is 15.7 Å². The van der Waals surface area contributed by atoms with E-state index in [0.717, 1.165) is 34.4 Å². The maximum absolute atomic E-state index is 13.7. The van der Waals surface area contributed by atoms with Crippen molar-refractivity contribution in [2.24, 2.45) is 0 Å². The number of nitrogens with zero attached hydrogens (tertiary/aromatic N) is 2. The van der Waals surface area contributed by atoms with Crippen molar-refractivity contribution in [3.8, 4) is 16.9 Å². The van der Waals surface area contributed by atoms with Gasteiger partial charge in [-0.1, -0.05) is 72.8 Å². The number of amides is 3. The lowest BCUT2D eigenvalue weighted by molar-refractivity contribution is -0.122. The van der Waals surface area contributed by atoms with Crippen LogP contribution < -0.4 is 10.9 Å². The first kappa shape index (κ1) is 24.1. The number of aromatic amines is 1. The van der Waals surface area contributed by atoms with Gasteiger partial charge in [-0.25, -0.2) is 9.48 Å². The normalized spacial score (nSPS) is 14.4. The molecular weight excluding hydrogens is 464 g/mol. The molecule has 0 radical (unpaired) electrons. The highest BCUT2D eigenvalue weighted by Crippen LogP contribution is 2.25. The molecule has 7 heteroatoms. The number of carbonyl (C=O) groups is 2. The van der Waals surface area contributed by atoms with Gasteiger partial charge < -0.3 is 5.32 Å². The Kier molecular flexibility index (Phi) is 6.60. The molecule has 4 aromatic rings. The van der Waals surface area contributed by atoms with E-state index >= 15 is 0 Å². The Morgan fingerprint density at radius 3 is 2.27 bits per heavy atom. The average molecular weight is 493 g/mol. The van der Waals surface area contributed by atoms with Gasteiger partial charge in [0.05, 0.1) is 16.9 Å². The van der Waals surface area contributed by atoms with Gasteiger partial charge in [0.2, 0.25) is 0 Å². The van der Waals surface area contributed by atoms with Crippen molar-refractivity contribution in [3.63, 3.8) is 0 Å². The van der Waals surface area contributed by atoms with Gasteiger partial charge in [-0.2, -0.15) is 0 Å². The summed E-state index contributed by atoms with van der Waals surface area (Å²) in [6.45, 7) is 4.25. The van der Waals surface area contributed by atoms with Crippen LogP contribution in [0.2, 0.25) is 0 Å². The Hall–Kier alpha value is -4.65. The van der Waals surface area contributed by atoms with Crippen LogP contribution in [0.1, 0.15) is 28.7 Å². The van der Waals surface area contributed by atoms with E-state index in [4.69, 9.17) is 0 Å². The number of aromatic nitrogens is 2. The predicted octanol–water partition coefficient (Wildman–Crippen LogP) is 4.97. The Balaban J connectivity index is 1.49. The van der Waals surface area contributed by atoms with Crippen molar-refractivity contribution in [1.29, 1.82) is 0 Å². The predicted molar refractivity (Wildman–Crippen MR) is 144 cm³/mol. The summed E-state index contributed by atoms with van der Waals surface area (Å²) in [5.41, 5.74) is 5.38. The smallest absolute Gasteiger partial charge is 0.303 e. The lowest BCUT2D eigenvalue weighted by Gasteiger charge is -2.11. The number of rotatable bonds is 7. The molecule has 2 heterocycles. The van der Waals surface area contributed by atoms with Crippen LogP contribution >= 0.6 is 0 Å². The molecule has 0 spiro atoms. The van der Waals surface area contributed by atoms with Gasteiger partial charge >= 0.3 is 6.03 Å². The summed E-state index contributed by atoms with van der Waals surface area (Å²) >= 11 is 0. The SMILES string of the molecule is Cc1cccc(-n2[nH]c(-c3ccccc3)c(C=C3NC(=O)N(CCCc4ccccc4)C3=O)c2=O)c1C. The zero-order chi connectivity index (χ0) is 25.9. The molecule has 1 aliphatic heterocycles. The van der Waals surface area contributed by atoms with E-state index in [-0.39, 0.29) is 11.3 Å². The summed E-state index contributed by atoms with van der Waals surface area (Å²) in [6, 6.07) is 24.7. The zero-order valence-corrected chi connectivity index (χ0v) is 20.8. The van der Waals surface area contributed by atoms with Crippen LogP contribution in [-0.2, 0) is 11.2 Å². The van der Waals surface area contributed by atoms with Crippen molar-refractivity contribution < 1.29 is 9.59 Å². The second kappa shape index (κ2) is 10.1. The fraction of sp³-hybridized carbons (Fsp3) is 0.167. The van der Waals surface area contributed by atoms with Crippen LogP contribution in [0, 0.1) is 13.8 Å². The van der Waals surface area contributed by atoms with Crippen LogP contribution in [-0.4, -0.2) is 33.2 Å². The number of hydrogen-bond acceptors (Lipinski definition) is 3. The topological polar surface area (TPSA) is 87.2 Å². The van der Waals surface area contributed by atoms with Crippen LogP contribution in [0.15, 0.2) is 89.4 Å². The Morgan fingerprint density at radius 2 is 1.54 bits per heavy atom. The van der Waals surface area contributed by atoms with E-state index < -0.39 is 11.9 Å². The van der Waals surface area contributed by atoms with Crippen molar-refractivity contribution in [2.45, 2.75) is 26.7 Å². The summed E-state index contributed by atoms with van der Waals surface area (Å²) < 4.78 is 1.50. The molecule has 0 unspecified atom stereocenters. The molecule has 3 amide bonds. The zero-order valence-electron chi connectivity index (χ0n) is 20.8. The second-order valence-corrected chi connectivity index (χ2v) is 9.16. The molecule has 5 rings (SSSR count). The monoisotopic (exact) mass is 492 g/mol. The van der Waals surface area contributed by atoms with Gasteiger partial charge in [0, 0.05) is 12.1 Å². The summed E-state index contributed by atoms with van der Waals surface area (Å²) in [4.78, 5) is 40.7. The van der Waals surface area contributed by atoms with Gasteiger partial charge in [0.1, 0.15) is 5.70 Å². The van der Waals surface area contributed by atoms with Gasteiger partial charge in [-0.15, -0.1) is 0 Å². The standard InChI is InChI=1S/C30H28N4O3/c1-20-11-9-17-26(21(20)2)34-28(35)24(27(32-34)23-15-7-4-8-16-23)19-25-29(36)33(30(37)31-25)18-10-14-22-12-5-3-6-13-22/h3-9,11-13,15-17,19,32H,10,14,18H2,1-2H3,(H,31,37). The van der Waals surface area contributed by atoms with Gasteiger partial charge in [-0.3, -0.25) is 19.6 Å². The lowest BCUT2D eigenvalue weighted by Crippen LogP contribution is -2.32. The van der Waals surface area contributed by atoms with Crippen molar-refractivity contribution >= 4 is 18.0 Å². The highest BCUT2D eigenvalue weighted by molar-refractivity contribution is 6.14. The number of urea groups is 1. The maximum Gasteiger partial charge on any atom is 0.329 e. The minimum atomic E-state index is -0.476. The van der Waals surface area contributed by atoms with Gasteiger partial charge in [0.25, 0.3) is 11.5 Å². The summed E-state index contributed by atoms with van der Waals surface area (Å²) in [6.07, 6.45) is 2.89. The number of carbonyl (C=O) groups excluding carboxylic acids is 2. The number of aryl methyl sites for hydroxylation is 2. The van der Waals surface area contributed by atoms with Crippen molar-refractivity contribution in [1.82, 2.24) is 20.0 Å². The summed E-state index contributed by atoms with van der Waals surface area (Å²) in [5.74, 6) is -0.434. The molecule has 186 valence electrons. The van der Waals surface area contributed by atoms with E-state index in [1.54, 1.807) is 0 Å². The van der Waals surface area contributed by atoms with E-state index in [9.17, 15) is 14.4 Å². The fourth-order valence-corrected chi connectivity index (χ4v) is 4.56.